The van der Waals surface area contributed by atoms with E-state index in [-0.39, 0.29) is 6.04 Å². The number of anilines is 2. The maximum Gasteiger partial charge on any atom is 0.204 e. The molecule has 4 aromatic rings. The Morgan fingerprint density at radius 2 is 2.16 bits per heavy atom. The van der Waals surface area contributed by atoms with Gasteiger partial charge >= 0.3 is 0 Å². The molecule has 0 spiro atoms. The Labute approximate surface area is 184 Å². The molecule has 0 aliphatic carbocycles. The van der Waals surface area contributed by atoms with E-state index in [9.17, 15) is 4.39 Å². The molecule has 3 aromatic heterocycles. The maximum atomic E-state index is 13.7. The first kappa shape index (κ1) is 20.2. The molecule has 0 saturated carbocycles. The lowest BCUT2D eigenvalue weighted by molar-refractivity contribution is 0.154. The second-order valence-electron chi connectivity index (χ2n) is 7.61. The summed E-state index contributed by atoms with van der Waals surface area (Å²) in [6.07, 6.45) is 5.51. The number of aromatic amines is 1. The number of aromatic nitrogens is 4. The molecule has 1 atom stereocenters. The second-order valence-corrected chi connectivity index (χ2v) is 7.61. The highest BCUT2D eigenvalue weighted by atomic mass is 19.1. The van der Waals surface area contributed by atoms with Crippen molar-refractivity contribution in [3.8, 4) is 17.1 Å². The topological polar surface area (TPSA) is 97.0 Å². The highest BCUT2D eigenvalue weighted by molar-refractivity contribution is 5.83. The van der Waals surface area contributed by atoms with Crippen LogP contribution in [0.2, 0.25) is 0 Å². The highest BCUT2D eigenvalue weighted by Crippen LogP contribution is 2.36. The summed E-state index contributed by atoms with van der Waals surface area (Å²) in [6.45, 7) is 1.54. The molecule has 0 unspecified atom stereocenters. The lowest BCUT2D eigenvalue weighted by Gasteiger charge is -2.27. The number of nitrogens with one attached hydrogen (secondary N) is 3. The molecule has 5 rings (SSSR count). The number of rotatable bonds is 7. The molecule has 1 aromatic carbocycles. The van der Waals surface area contributed by atoms with Crippen LogP contribution in [0.25, 0.3) is 22.3 Å². The standard InChI is InChI=1S/C23H23FN6O2/c1-31-12-17-13-32-20-22(26-7-6-14-10-27-19-5-3-2-4-18(14)19)29-21(30-23(20)28-17)15-8-16(24)11-25-9-15/h2-5,8-11,17,27H,6-7,12-13H2,1H3,(H2,26,28,29,30)/t17-/m1/s1. The molecule has 4 heterocycles. The summed E-state index contributed by atoms with van der Waals surface area (Å²) in [7, 11) is 1.64. The van der Waals surface area contributed by atoms with E-state index in [0.717, 1.165) is 18.1 Å². The van der Waals surface area contributed by atoms with Crippen molar-refractivity contribution in [2.45, 2.75) is 12.5 Å². The zero-order valence-corrected chi connectivity index (χ0v) is 17.6. The quantitative estimate of drug-likeness (QED) is 0.409. The van der Waals surface area contributed by atoms with Crippen LogP contribution in [0.15, 0.2) is 48.9 Å². The molecule has 0 fully saturated rings. The van der Waals surface area contributed by atoms with Gasteiger partial charge in [-0.1, -0.05) is 18.2 Å². The monoisotopic (exact) mass is 434 g/mol. The second kappa shape index (κ2) is 8.80. The highest BCUT2D eigenvalue weighted by Gasteiger charge is 2.25. The van der Waals surface area contributed by atoms with E-state index in [1.165, 1.54) is 23.2 Å². The van der Waals surface area contributed by atoms with Gasteiger partial charge in [0.15, 0.2) is 17.5 Å². The molecule has 0 amide bonds. The number of pyridine rings is 1. The summed E-state index contributed by atoms with van der Waals surface area (Å²) in [4.78, 5) is 16.4. The number of benzene rings is 1. The predicted octanol–water partition coefficient (Wildman–Crippen LogP) is 3.63. The van der Waals surface area contributed by atoms with Gasteiger partial charge < -0.3 is 25.1 Å². The molecule has 0 bridgehead atoms. The Balaban J connectivity index is 1.42. The van der Waals surface area contributed by atoms with Gasteiger partial charge in [-0.25, -0.2) is 14.4 Å². The molecule has 1 aliphatic rings. The van der Waals surface area contributed by atoms with E-state index in [2.05, 4.69) is 42.7 Å². The zero-order chi connectivity index (χ0) is 21.9. The van der Waals surface area contributed by atoms with Crippen LogP contribution < -0.4 is 15.4 Å². The van der Waals surface area contributed by atoms with Crippen LogP contribution in [0.3, 0.4) is 0 Å². The molecule has 0 radical (unpaired) electrons. The van der Waals surface area contributed by atoms with Crippen molar-refractivity contribution in [3.05, 3.63) is 60.3 Å². The van der Waals surface area contributed by atoms with Crippen molar-refractivity contribution in [1.82, 2.24) is 19.9 Å². The van der Waals surface area contributed by atoms with E-state index in [1.54, 1.807) is 7.11 Å². The maximum absolute atomic E-state index is 13.7. The molecule has 164 valence electrons. The first-order chi connectivity index (χ1) is 15.7. The average molecular weight is 434 g/mol. The number of fused-ring (bicyclic) bond motifs is 2. The van der Waals surface area contributed by atoms with E-state index < -0.39 is 5.82 Å². The Kier molecular flexibility index (Phi) is 5.55. The minimum atomic E-state index is -0.445. The number of halogens is 1. The van der Waals surface area contributed by atoms with Crippen molar-refractivity contribution in [2.24, 2.45) is 0 Å². The van der Waals surface area contributed by atoms with Crippen LogP contribution in [0.1, 0.15) is 5.56 Å². The van der Waals surface area contributed by atoms with Gasteiger partial charge in [-0.15, -0.1) is 0 Å². The van der Waals surface area contributed by atoms with Gasteiger partial charge in [0.05, 0.1) is 18.8 Å². The molecular weight excluding hydrogens is 411 g/mol. The van der Waals surface area contributed by atoms with E-state index in [1.807, 2.05) is 18.3 Å². The van der Waals surface area contributed by atoms with Crippen molar-refractivity contribution in [3.63, 3.8) is 0 Å². The Hall–Kier alpha value is -3.72. The summed E-state index contributed by atoms with van der Waals surface area (Å²) in [6, 6.07) is 9.52. The third-order valence-electron chi connectivity index (χ3n) is 5.33. The molecule has 8 nitrogen and oxygen atoms in total. The van der Waals surface area contributed by atoms with Crippen LogP contribution in [-0.4, -0.2) is 52.8 Å². The minimum Gasteiger partial charge on any atom is -0.484 e. The first-order valence-electron chi connectivity index (χ1n) is 10.4. The third-order valence-corrected chi connectivity index (χ3v) is 5.33. The minimum absolute atomic E-state index is 0.0417. The molecule has 0 saturated heterocycles. The van der Waals surface area contributed by atoms with Crippen LogP contribution in [0.5, 0.6) is 5.75 Å². The summed E-state index contributed by atoms with van der Waals surface area (Å²) in [5.41, 5.74) is 2.81. The van der Waals surface area contributed by atoms with Crippen LogP contribution in [0, 0.1) is 5.82 Å². The largest absolute Gasteiger partial charge is 0.484 e. The number of para-hydroxylation sites is 1. The number of methoxy groups -OCH3 is 1. The molecular formula is C23H23FN6O2. The van der Waals surface area contributed by atoms with Crippen LogP contribution in [0.4, 0.5) is 16.0 Å². The lowest BCUT2D eigenvalue weighted by atomic mass is 10.1. The molecule has 9 heteroatoms. The summed E-state index contributed by atoms with van der Waals surface area (Å²) in [5, 5.41) is 7.90. The van der Waals surface area contributed by atoms with Gasteiger partial charge in [-0.05, 0) is 24.1 Å². The lowest BCUT2D eigenvalue weighted by Crippen LogP contribution is -2.36. The smallest absolute Gasteiger partial charge is 0.204 e. The van der Waals surface area contributed by atoms with Gasteiger partial charge in [0, 0.05) is 42.5 Å². The normalized spacial score (nSPS) is 15.1. The Bertz CT molecular complexity index is 1240. The summed E-state index contributed by atoms with van der Waals surface area (Å²) >= 11 is 0. The molecule has 1 aliphatic heterocycles. The zero-order valence-electron chi connectivity index (χ0n) is 17.6. The number of H-pyrrole nitrogens is 1. The van der Waals surface area contributed by atoms with Gasteiger partial charge in [-0.3, -0.25) is 4.98 Å². The van der Waals surface area contributed by atoms with Gasteiger partial charge in [0.25, 0.3) is 0 Å². The van der Waals surface area contributed by atoms with Crippen molar-refractivity contribution >= 4 is 22.5 Å². The van der Waals surface area contributed by atoms with Crippen molar-refractivity contribution < 1.29 is 13.9 Å². The fourth-order valence-electron chi connectivity index (χ4n) is 3.83. The summed E-state index contributed by atoms with van der Waals surface area (Å²) in [5.74, 6) is 1.56. The fraction of sp³-hybridized carbons (Fsp3) is 0.261. The van der Waals surface area contributed by atoms with Crippen molar-refractivity contribution in [2.75, 3.05) is 37.5 Å². The van der Waals surface area contributed by atoms with Crippen LogP contribution in [-0.2, 0) is 11.2 Å². The van der Waals surface area contributed by atoms with E-state index >= 15 is 0 Å². The molecule has 3 N–H and O–H groups in total. The first-order valence-corrected chi connectivity index (χ1v) is 10.4. The Morgan fingerprint density at radius 1 is 1.25 bits per heavy atom. The van der Waals surface area contributed by atoms with Crippen molar-refractivity contribution in [1.29, 1.82) is 0 Å². The molecule has 32 heavy (non-hydrogen) atoms. The average Bonchev–Trinajstić information content (AvgIpc) is 3.22. The number of hydrogen-bond donors (Lipinski definition) is 3. The number of ether oxygens (including phenoxy) is 2. The number of hydrogen-bond acceptors (Lipinski definition) is 7. The fourth-order valence-corrected chi connectivity index (χ4v) is 3.83. The Morgan fingerprint density at radius 3 is 3.03 bits per heavy atom. The van der Waals surface area contributed by atoms with E-state index in [0.29, 0.717) is 48.5 Å². The summed E-state index contributed by atoms with van der Waals surface area (Å²) < 4.78 is 24.9. The van der Waals surface area contributed by atoms with Gasteiger partial charge in [0.1, 0.15) is 12.4 Å². The predicted molar refractivity (Wildman–Crippen MR) is 120 cm³/mol. The van der Waals surface area contributed by atoms with Crippen LogP contribution >= 0.6 is 0 Å². The number of nitrogens with zero attached hydrogens (tertiary/aromatic N) is 3. The van der Waals surface area contributed by atoms with Gasteiger partial charge in [-0.2, -0.15) is 0 Å². The van der Waals surface area contributed by atoms with Gasteiger partial charge in [0.2, 0.25) is 5.75 Å². The SMILES string of the molecule is COC[C@@H]1COc2c(NCCc3c[nH]c4ccccc34)nc(-c3cncc(F)c3)nc2N1. The van der Waals surface area contributed by atoms with E-state index in [4.69, 9.17) is 9.47 Å². The third kappa shape index (κ3) is 4.06.